The van der Waals surface area contributed by atoms with Gasteiger partial charge in [-0.05, 0) is 18.6 Å². The fourth-order valence-electron chi connectivity index (χ4n) is 2.45. The van der Waals surface area contributed by atoms with Crippen LogP contribution in [0.3, 0.4) is 0 Å². The van der Waals surface area contributed by atoms with Crippen LogP contribution in [-0.4, -0.2) is 28.3 Å². The summed E-state index contributed by atoms with van der Waals surface area (Å²) >= 11 is 5.54. The van der Waals surface area contributed by atoms with Crippen molar-refractivity contribution < 1.29 is 4.79 Å². The van der Waals surface area contributed by atoms with Gasteiger partial charge in [0.25, 0.3) is 0 Å². The lowest BCUT2D eigenvalue weighted by Crippen LogP contribution is -2.25. The molecule has 3 aromatic rings. The zero-order valence-electron chi connectivity index (χ0n) is 11.5. The number of hydrogen-bond donors (Lipinski definition) is 2. The second kappa shape index (κ2) is 6.14. The minimum absolute atomic E-state index is 0.0106. The van der Waals surface area contributed by atoms with Gasteiger partial charge in [-0.25, -0.2) is 0 Å². The van der Waals surface area contributed by atoms with Crippen LogP contribution >= 0.6 is 11.6 Å². The highest BCUT2D eigenvalue weighted by molar-refractivity contribution is 6.18. The standard InChI is InChI=1S/C16H16ClN3O/c17-7-8-18-16(21)6-5-11-9-13-12-3-1-2-4-14(12)20-15(13)10-19-11/h1-4,9-10,20H,5-8H2,(H,18,21). The van der Waals surface area contributed by atoms with Gasteiger partial charge in [-0.3, -0.25) is 9.78 Å². The molecule has 21 heavy (non-hydrogen) atoms. The van der Waals surface area contributed by atoms with E-state index in [9.17, 15) is 4.79 Å². The Morgan fingerprint density at radius 3 is 2.95 bits per heavy atom. The second-order valence-electron chi connectivity index (χ2n) is 4.93. The van der Waals surface area contributed by atoms with E-state index >= 15 is 0 Å². The minimum atomic E-state index is 0.0106. The van der Waals surface area contributed by atoms with Gasteiger partial charge in [0.05, 0.1) is 11.7 Å². The SMILES string of the molecule is O=C(CCc1cc2c(cn1)[nH]c1ccccc12)NCCCl. The average molecular weight is 302 g/mol. The number of pyridine rings is 1. The van der Waals surface area contributed by atoms with Gasteiger partial charge in [0.2, 0.25) is 5.91 Å². The first kappa shape index (κ1) is 13.9. The topological polar surface area (TPSA) is 57.8 Å². The number of alkyl halides is 1. The number of aromatic nitrogens is 2. The van der Waals surface area contributed by atoms with E-state index in [2.05, 4.69) is 33.5 Å². The molecule has 0 aliphatic heterocycles. The van der Waals surface area contributed by atoms with E-state index < -0.39 is 0 Å². The third kappa shape index (κ3) is 3.00. The number of rotatable bonds is 5. The number of nitrogens with zero attached hydrogens (tertiary/aromatic N) is 1. The van der Waals surface area contributed by atoms with Crippen LogP contribution in [0, 0.1) is 0 Å². The molecule has 0 unspecified atom stereocenters. The first-order valence-electron chi connectivity index (χ1n) is 6.96. The van der Waals surface area contributed by atoms with E-state index in [1.807, 2.05) is 18.3 Å². The summed E-state index contributed by atoms with van der Waals surface area (Å²) in [6.07, 6.45) is 2.89. The molecule has 2 heterocycles. The van der Waals surface area contributed by atoms with E-state index in [0.29, 0.717) is 25.3 Å². The number of aryl methyl sites for hydroxylation is 1. The van der Waals surface area contributed by atoms with Gasteiger partial charge >= 0.3 is 0 Å². The predicted octanol–water partition coefficient (Wildman–Crippen LogP) is 3.00. The van der Waals surface area contributed by atoms with Crippen LogP contribution in [0.4, 0.5) is 0 Å². The Hall–Kier alpha value is -2.07. The molecule has 0 spiro atoms. The van der Waals surface area contributed by atoms with Crippen LogP contribution in [0.1, 0.15) is 12.1 Å². The van der Waals surface area contributed by atoms with Gasteiger partial charge in [0.1, 0.15) is 0 Å². The van der Waals surface area contributed by atoms with Crippen molar-refractivity contribution in [2.45, 2.75) is 12.8 Å². The highest BCUT2D eigenvalue weighted by Gasteiger charge is 2.07. The molecule has 1 aromatic carbocycles. The van der Waals surface area contributed by atoms with E-state index in [0.717, 1.165) is 22.1 Å². The van der Waals surface area contributed by atoms with Crippen molar-refractivity contribution in [1.82, 2.24) is 15.3 Å². The second-order valence-corrected chi connectivity index (χ2v) is 5.31. The Balaban J connectivity index is 1.80. The molecule has 0 radical (unpaired) electrons. The summed E-state index contributed by atoms with van der Waals surface area (Å²) in [5.41, 5.74) is 3.05. The van der Waals surface area contributed by atoms with Gasteiger partial charge < -0.3 is 10.3 Å². The number of aromatic amines is 1. The summed E-state index contributed by atoms with van der Waals surface area (Å²) in [7, 11) is 0. The van der Waals surface area contributed by atoms with Crippen molar-refractivity contribution in [1.29, 1.82) is 0 Å². The summed E-state index contributed by atoms with van der Waals surface area (Å²) in [5.74, 6) is 0.446. The number of nitrogens with one attached hydrogen (secondary N) is 2. The summed E-state index contributed by atoms with van der Waals surface area (Å²) in [4.78, 5) is 19.4. The fourth-order valence-corrected chi connectivity index (χ4v) is 2.54. The first-order valence-corrected chi connectivity index (χ1v) is 7.49. The van der Waals surface area contributed by atoms with Gasteiger partial charge in [0, 0.05) is 40.8 Å². The molecule has 0 aliphatic rings. The smallest absolute Gasteiger partial charge is 0.220 e. The zero-order valence-corrected chi connectivity index (χ0v) is 12.3. The lowest BCUT2D eigenvalue weighted by Gasteiger charge is -2.03. The monoisotopic (exact) mass is 301 g/mol. The molecule has 2 N–H and O–H groups in total. The molecule has 0 bridgehead atoms. The molecular formula is C16H16ClN3O. The van der Waals surface area contributed by atoms with Crippen molar-refractivity contribution in [2.75, 3.05) is 12.4 Å². The summed E-state index contributed by atoms with van der Waals surface area (Å²) < 4.78 is 0. The molecule has 0 fully saturated rings. The van der Waals surface area contributed by atoms with Gasteiger partial charge in [-0.15, -0.1) is 11.6 Å². The van der Waals surface area contributed by atoms with E-state index in [1.165, 1.54) is 5.39 Å². The van der Waals surface area contributed by atoms with Crippen LogP contribution in [0.15, 0.2) is 36.5 Å². The predicted molar refractivity (Wildman–Crippen MR) is 85.7 cm³/mol. The van der Waals surface area contributed by atoms with Crippen molar-refractivity contribution in [3.8, 4) is 0 Å². The number of carbonyl (C=O) groups excluding carboxylic acids is 1. The lowest BCUT2D eigenvalue weighted by atomic mass is 10.1. The molecule has 0 saturated carbocycles. The van der Waals surface area contributed by atoms with Crippen molar-refractivity contribution in [3.05, 3.63) is 42.2 Å². The Kier molecular flexibility index (Phi) is 4.06. The highest BCUT2D eigenvalue weighted by atomic mass is 35.5. The molecule has 2 aromatic heterocycles. The number of hydrogen-bond acceptors (Lipinski definition) is 2. The largest absolute Gasteiger partial charge is 0.355 e. The minimum Gasteiger partial charge on any atom is -0.355 e. The first-order chi connectivity index (χ1) is 10.3. The lowest BCUT2D eigenvalue weighted by molar-refractivity contribution is -0.120. The number of amides is 1. The number of benzene rings is 1. The van der Waals surface area contributed by atoms with Crippen molar-refractivity contribution in [3.63, 3.8) is 0 Å². The Bertz CT molecular complexity index is 781. The van der Waals surface area contributed by atoms with E-state index in [-0.39, 0.29) is 5.91 Å². The number of fused-ring (bicyclic) bond motifs is 3. The van der Waals surface area contributed by atoms with E-state index in [1.54, 1.807) is 0 Å². The summed E-state index contributed by atoms with van der Waals surface area (Å²) in [6, 6.07) is 10.2. The molecular weight excluding hydrogens is 286 g/mol. The molecule has 3 rings (SSSR count). The highest BCUT2D eigenvalue weighted by Crippen LogP contribution is 2.25. The van der Waals surface area contributed by atoms with Gasteiger partial charge in [-0.1, -0.05) is 18.2 Å². The molecule has 0 atom stereocenters. The zero-order chi connectivity index (χ0) is 14.7. The molecule has 0 aliphatic carbocycles. The normalized spacial score (nSPS) is 11.1. The van der Waals surface area contributed by atoms with E-state index in [4.69, 9.17) is 11.6 Å². The van der Waals surface area contributed by atoms with Crippen molar-refractivity contribution in [2.24, 2.45) is 0 Å². The maximum atomic E-state index is 11.6. The van der Waals surface area contributed by atoms with Crippen molar-refractivity contribution >= 4 is 39.3 Å². The Morgan fingerprint density at radius 2 is 2.10 bits per heavy atom. The maximum Gasteiger partial charge on any atom is 0.220 e. The quantitative estimate of drug-likeness (QED) is 0.712. The fraction of sp³-hybridized carbons (Fsp3) is 0.250. The summed E-state index contributed by atoms with van der Waals surface area (Å²) in [6.45, 7) is 0.509. The number of halogens is 1. The van der Waals surface area contributed by atoms with Crippen LogP contribution < -0.4 is 5.32 Å². The summed E-state index contributed by atoms with van der Waals surface area (Å²) in [5, 5.41) is 5.09. The van der Waals surface area contributed by atoms with Crippen LogP contribution in [0.2, 0.25) is 0 Å². The van der Waals surface area contributed by atoms with Gasteiger partial charge in [-0.2, -0.15) is 0 Å². The Morgan fingerprint density at radius 1 is 1.24 bits per heavy atom. The maximum absolute atomic E-state index is 11.6. The third-order valence-corrected chi connectivity index (χ3v) is 3.66. The van der Waals surface area contributed by atoms with Crippen LogP contribution in [-0.2, 0) is 11.2 Å². The number of carbonyl (C=O) groups is 1. The third-order valence-electron chi connectivity index (χ3n) is 3.47. The average Bonchev–Trinajstić information content (AvgIpc) is 2.89. The van der Waals surface area contributed by atoms with Crippen LogP contribution in [0.25, 0.3) is 21.8 Å². The number of H-pyrrole nitrogens is 1. The van der Waals surface area contributed by atoms with Crippen LogP contribution in [0.5, 0.6) is 0 Å². The molecule has 5 heteroatoms. The molecule has 4 nitrogen and oxygen atoms in total. The molecule has 1 amide bonds. The number of para-hydroxylation sites is 1. The Labute approximate surface area is 127 Å². The molecule has 0 saturated heterocycles. The van der Waals surface area contributed by atoms with Gasteiger partial charge in [0.15, 0.2) is 0 Å². The molecule has 108 valence electrons.